The second-order valence-corrected chi connectivity index (χ2v) is 9.78. The highest BCUT2D eigenvalue weighted by Crippen LogP contribution is 2.29. The lowest BCUT2D eigenvalue weighted by atomic mass is 9.94. The molecular weight excluding hydrogens is 388 g/mol. The van der Waals surface area contributed by atoms with Crippen LogP contribution in [0.1, 0.15) is 69.4 Å². The first-order valence-corrected chi connectivity index (χ1v) is 12.7. The molecular formula is C26H42N2O3. The van der Waals surface area contributed by atoms with Gasteiger partial charge in [-0.15, -0.1) is 0 Å². The fourth-order valence-electron chi connectivity index (χ4n) is 5.82. The Morgan fingerprint density at radius 1 is 1.06 bits per heavy atom. The van der Waals surface area contributed by atoms with Crippen LogP contribution in [0.4, 0.5) is 0 Å². The van der Waals surface area contributed by atoms with Gasteiger partial charge in [0.25, 0.3) is 0 Å². The molecule has 3 fully saturated rings. The molecule has 0 radical (unpaired) electrons. The zero-order chi connectivity index (χ0) is 21.5. The summed E-state index contributed by atoms with van der Waals surface area (Å²) in [4.78, 5) is 5.39. The zero-order valence-electron chi connectivity index (χ0n) is 19.4. The fraction of sp³-hybridized carbons (Fsp3) is 0.769. The van der Waals surface area contributed by atoms with Gasteiger partial charge < -0.3 is 19.5 Å². The Bertz CT molecular complexity index is 663. The first-order chi connectivity index (χ1) is 15.2. The Hall–Kier alpha value is -1.14. The predicted octanol–water partition coefficient (Wildman–Crippen LogP) is 4.21. The summed E-state index contributed by atoms with van der Waals surface area (Å²) in [5.74, 6) is 1.58. The van der Waals surface area contributed by atoms with E-state index in [0.717, 1.165) is 49.5 Å². The van der Waals surface area contributed by atoms with Crippen molar-refractivity contribution in [2.45, 2.75) is 83.6 Å². The molecule has 1 aromatic carbocycles. The summed E-state index contributed by atoms with van der Waals surface area (Å²) in [5.41, 5.74) is 2.15. The Morgan fingerprint density at radius 3 is 2.55 bits per heavy atom. The Labute approximate surface area is 188 Å². The van der Waals surface area contributed by atoms with Crippen molar-refractivity contribution >= 4 is 0 Å². The third-order valence-electron chi connectivity index (χ3n) is 7.49. The minimum Gasteiger partial charge on any atom is -0.494 e. The standard InChI is InChI=1S/C26H42N2O3/c1-2-30-26-10-9-22(16-23(26)20-29)18-27(19-25-8-5-15-31-25)17-21-11-13-28(14-12-21)24-6-3-4-7-24/h9-10,16,21,24-25,29H,2-8,11-15,17-20H2,1H3/t25-/m0/s1. The molecule has 5 heteroatoms. The number of aliphatic hydroxyl groups is 1. The average Bonchev–Trinajstić information content (AvgIpc) is 3.50. The maximum Gasteiger partial charge on any atom is 0.124 e. The van der Waals surface area contributed by atoms with Crippen LogP contribution in [-0.2, 0) is 17.9 Å². The molecule has 1 saturated carbocycles. The van der Waals surface area contributed by atoms with E-state index in [-0.39, 0.29) is 6.61 Å². The first kappa shape index (κ1) is 23.0. The number of ether oxygens (including phenoxy) is 2. The lowest BCUT2D eigenvalue weighted by Gasteiger charge is -2.38. The molecule has 1 N–H and O–H groups in total. The van der Waals surface area contributed by atoms with E-state index in [2.05, 4.69) is 21.9 Å². The van der Waals surface area contributed by atoms with Crippen LogP contribution in [0.3, 0.4) is 0 Å². The molecule has 3 aliphatic rings. The summed E-state index contributed by atoms with van der Waals surface area (Å²) in [6.45, 7) is 9.19. The monoisotopic (exact) mass is 430 g/mol. The number of aliphatic hydroxyl groups excluding tert-OH is 1. The lowest BCUT2D eigenvalue weighted by Crippen LogP contribution is -2.43. The quantitative estimate of drug-likeness (QED) is 0.602. The van der Waals surface area contributed by atoms with Gasteiger partial charge >= 0.3 is 0 Å². The summed E-state index contributed by atoms with van der Waals surface area (Å²) >= 11 is 0. The van der Waals surface area contributed by atoms with E-state index in [1.807, 2.05) is 13.0 Å². The second kappa shape index (κ2) is 11.6. The molecule has 1 aromatic rings. The Kier molecular flexibility index (Phi) is 8.65. The normalized spacial score (nSPS) is 23.8. The highest BCUT2D eigenvalue weighted by atomic mass is 16.5. The molecule has 5 nitrogen and oxygen atoms in total. The van der Waals surface area contributed by atoms with Crippen LogP contribution >= 0.6 is 0 Å². The minimum atomic E-state index is 0.0224. The van der Waals surface area contributed by atoms with Crippen molar-refractivity contribution < 1.29 is 14.6 Å². The van der Waals surface area contributed by atoms with Crippen LogP contribution < -0.4 is 4.74 Å². The Morgan fingerprint density at radius 2 is 1.87 bits per heavy atom. The van der Waals surface area contributed by atoms with Gasteiger partial charge in [-0.05, 0) is 82.2 Å². The number of nitrogens with zero attached hydrogens (tertiary/aromatic N) is 2. The number of piperidine rings is 1. The third kappa shape index (κ3) is 6.44. The topological polar surface area (TPSA) is 45.2 Å². The maximum absolute atomic E-state index is 9.79. The fourth-order valence-corrected chi connectivity index (χ4v) is 5.82. The molecule has 0 bridgehead atoms. The molecule has 0 unspecified atom stereocenters. The van der Waals surface area contributed by atoms with Gasteiger partial charge in [0.15, 0.2) is 0 Å². The van der Waals surface area contributed by atoms with Gasteiger partial charge in [0, 0.05) is 37.8 Å². The van der Waals surface area contributed by atoms with Crippen LogP contribution in [0.25, 0.3) is 0 Å². The van der Waals surface area contributed by atoms with Gasteiger partial charge in [-0.3, -0.25) is 4.90 Å². The van der Waals surface area contributed by atoms with E-state index in [9.17, 15) is 5.11 Å². The molecule has 0 aromatic heterocycles. The molecule has 0 spiro atoms. The summed E-state index contributed by atoms with van der Waals surface area (Å²) in [7, 11) is 0. The van der Waals surface area contributed by atoms with Gasteiger partial charge in [-0.25, -0.2) is 0 Å². The van der Waals surface area contributed by atoms with Gasteiger partial charge in [0.2, 0.25) is 0 Å². The molecule has 31 heavy (non-hydrogen) atoms. The summed E-state index contributed by atoms with van der Waals surface area (Å²) in [6, 6.07) is 7.17. The summed E-state index contributed by atoms with van der Waals surface area (Å²) < 4.78 is 11.7. The highest BCUT2D eigenvalue weighted by Gasteiger charge is 2.29. The SMILES string of the molecule is CCOc1ccc(CN(CC2CCN(C3CCCC3)CC2)C[C@@H]2CCCO2)cc1CO. The van der Waals surface area contributed by atoms with E-state index in [4.69, 9.17) is 9.47 Å². The van der Waals surface area contributed by atoms with Crippen LogP contribution in [0.5, 0.6) is 5.75 Å². The molecule has 2 aliphatic heterocycles. The van der Waals surface area contributed by atoms with Crippen LogP contribution in [0.2, 0.25) is 0 Å². The second-order valence-electron chi connectivity index (χ2n) is 9.78. The summed E-state index contributed by atoms with van der Waals surface area (Å²) in [6.07, 6.45) is 11.1. The molecule has 0 amide bonds. The zero-order valence-corrected chi connectivity index (χ0v) is 19.4. The van der Waals surface area contributed by atoms with Gasteiger partial charge in [0.1, 0.15) is 5.75 Å². The number of hydrogen-bond acceptors (Lipinski definition) is 5. The maximum atomic E-state index is 9.79. The van der Waals surface area contributed by atoms with E-state index < -0.39 is 0 Å². The molecule has 4 rings (SSSR count). The number of likely N-dealkylation sites (tertiary alicyclic amines) is 1. The van der Waals surface area contributed by atoms with Gasteiger partial charge in [-0.1, -0.05) is 18.9 Å². The van der Waals surface area contributed by atoms with Crippen molar-refractivity contribution in [3.63, 3.8) is 0 Å². The smallest absolute Gasteiger partial charge is 0.124 e. The highest BCUT2D eigenvalue weighted by molar-refractivity contribution is 5.37. The van der Waals surface area contributed by atoms with Crippen molar-refractivity contribution in [1.82, 2.24) is 9.80 Å². The van der Waals surface area contributed by atoms with Crippen molar-refractivity contribution in [1.29, 1.82) is 0 Å². The molecule has 1 aliphatic carbocycles. The van der Waals surface area contributed by atoms with E-state index in [0.29, 0.717) is 12.7 Å². The molecule has 174 valence electrons. The largest absolute Gasteiger partial charge is 0.494 e. The van der Waals surface area contributed by atoms with E-state index in [1.165, 1.54) is 70.0 Å². The van der Waals surface area contributed by atoms with Gasteiger partial charge in [-0.2, -0.15) is 0 Å². The van der Waals surface area contributed by atoms with Crippen molar-refractivity contribution in [2.24, 2.45) is 5.92 Å². The molecule has 2 heterocycles. The summed E-state index contributed by atoms with van der Waals surface area (Å²) in [5, 5.41) is 9.79. The molecule has 2 saturated heterocycles. The van der Waals surface area contributed by atoms with Crippen LogP contribution in [0.15, 0.2) is 18.2 Å². The molecule has 1 atom stereocenters. The first-order valence-electron chi connectivity index (χ1n) is 12.7. The predicted molar refractivity (Wildman–Crippen MR) is 124 cm³/mol. The number of benzene rings is 1. The van der Waals surface area contributed by atoms with Gasteiger partial charge in [0.05, 0.1) is 19.3 Å². The average molecular weight is 431 g/mol. The van der Waals surface area contributed by atoms with E-state index in [1.54, 1.807) is 0 Å². The van der Waals surface area contributed by atoms with E-state index >= 15 is 0 Å². The van der Waals surface area contributed by atoms with Crippen LogP contribution in [-0.4, -0.2) is 66.4 Å². The van der Waals surface area contributed by atoms with Crippen LogP contribution in [0, 0.1) is 5.92 Å². The Balaban J connectivity index is 1.36. The van der Waals surface area contributed by atoms with Crippen molar-refractivity contribution in [3.05, 3.63) is 29.3 Å². The lowest BCUT2D eigenvalue weighted by molar-refractivity contribution is 0.0539. The van der Waals surface area contributed by atoms with Crippen molar-refractivity contribution in [2.75, 3.05) is 39.4 Å². The third-order valence-corrected chi connectivity index (χ3v) is 7.49. The number of rotatable bonds is 10. The van der Waals surface area contributed by atoms with Crippen molar-refractivity contribution in [3.8, 4) is 5.75 Å². The number of hydrogen-bond donors (Lipinski definition) is 1. The minimum absolute atomic E-state index is 0.0224.